The van der Waals surface area contributed by atoms with Crippen LogP contribution in [0.25, 0.3) is 0 Å². The lowest BCUT2D eigenvalue weighted by Crippen LogP contribution is -2.57. The number of carbonyl (C=O) groups excluding carboxylic acids is 2. The zero-order valence-electron chi connectivity index (χ0n) is 17.6. The maximum Gasteiger partial charge on any atom is 0.326 e. The van der Waals surface area contributed by atoms with E-state index < -0.39 is 17.4 Å². The Morgan fingerprint density at radius 2 is 1.80 bits per heavy atom. The molecule has 2 atom stereocenters. The number of hydrogen-bond donors (Lipinski definition) is 3. The van der Waals surface area contributed by atoms with Gasteiger partial charge < -0.3 is 20.6 Å². The van der Waals surface area contributed by atoms with Crippen LogP contribution in [0.4, 0.5) is 0 Å². The Morgan fingerprint density at radius 1 is 1.17 bits per heavy atom. The summed E-state index contributed by atoms with van der Waals surface area (Å²) >= 11 is 0. The fourth-order valence-electron chi connectivity index (χ4n) is 4.42. The number of rotatable bonds is 6. The molecule has 7 nitrogen and oxygen atoms in total. The molecule has 2 saturated heterocycles. The highest BCUT2D eigenvalue weighted by Crippen LogP contribution is 2.36. The van der Waals surface area contributed by atoms with E-state index in [0.29, 0.717) is 25.9 Å². The standard InChI is InChI=1S/C22H31N3O4.ClH/c1-15(2)18(20(27)28)24-21(29)22(16-7-4-3-5-8-16)10-13-25(14-11-22)19(26)17-9-6-12-23-17;/h3-5,7-8,15,17-18,23H,6,9-14H2,1-2H3,(H,24,29)(H,27,28);1H/t17-,18-;/m0./s1. The molecule has 2 aliphatic rings. The molecule has 0 aliphatic carbocycles. The van der Waals surface area contributed by atoms with Gasteiger partial charge in [0.15, 0.2) is 0 Å². The van der Waals surface area contributed by atoms with Crippen LogP contribution in [0.2, 0.25) is 0 Å². The lowest BCUT2D eigenvalue weighted by Gasteiger charge is -2.42. The summed E-state index contributed by atoms with van der Waals surface area (Å²) in [5.74, 6) is -1.41. The Morgan fingerprint density at radius 3 is 2.30 bits per heavy atom. The van der Waals surface area contributed by atoms with Gasteiger partial charge in [0, 0.05) is 13.1 Å². The first-order chi connectivity index (χ1) is 13.8. The number of carboxylic acids is 1. The summed E-state index contributed by atoms with van der Waals surface area (Å²) in [5.41, 5.74) is 0.0421. The van der Waals surface area contributed by atoms with Crippen molar-refractivity contribution in [1.29, 1.82) is 0 Å². The minimum Gasteiger partial charge on any atom is -0.480 e. The maximum absolute atomic E-state index is 13.4. The number of nitrogens with zero attached hydrogens (tertiary/aromatic N) is 1. The first-order valence-electron chi connectivity index (χ1n) is 10.5. The summed E-state index contributed by atoms with van der Waals surface area (Å²) in [6.07, 6.45) is 2.82. The molecule has 166 valence electrons. The van der Waals surface area contributed by atoms with Crippen molar-refractivity contribution in [3.8, 4) is 0 Å². The Bertz CT molecular complexity index is 742. The van der Waals surface area contributed by atoms with Crippen molar-refractivity contribution >= 4 is 30.2 Å². The molecule has 0 saturated carbocycles. The van der Waals surface area contributed by atoms with E-state index in [1.54, 1.807) is 13.8 Å². The van der Waals surface area contributed by atoms with Gasteiger partial charge >= 0.3 is 5.97 Å². The number of carboxylic acid groups (broad SMARTS) is 1. The van der Waals surface area contributed by atoms with Crippen LogP contribution in [0, 0.1) is 5.92 Å². The third-order valence-electron chi connectivity index (χ3n) is 6.27. The smallest absolute Gasteiger partial charge is 0.326 e. The van der Waals surface area contributed by atoms with E-state index >= 15 is 0 Å². The average molecular weight is 438 g/mol. The number of nitrogens with one attached hydrogen (secondary N) is 2. The molecule has 2 amide bonds. The second-order valence-electron chi connectivity index (χ2n) is 8.46. The quantitative estimate of drug-likeness (QED) is 0.631. The van der Waals surface area contributed by atoms with Crippen molar-refractivity contribution in [2.24, 2.45) is 5.92 Å². The SMILES string of the molecule is CC(C)[C@H](NC(=O)C1(c2ccccc2)CCN(C(=O)[C@@H]2CCCN2)CC1)C(=O)O.Cl. The van der Waals surface area contributed by atoms with Gasteiger partial charge in [0.05, 0.1) is 11.5 Å². The molecule has 1 aromatic carbocycles. The number of likely N-dealkylation sites (tertiary alicyclic amines) is 1. The molecule has 0 unspecified atom stereocenters. The van der Waals surface area contributed by atoms with Gasteiger partial charge in [-0.25, -0.2) is 4.79 Å². The predicted molar refractivity (Wildman–Crippen MR) is 117 cm³/mol. The van der Waals surface area contributed by atoms with Gasteiger partial charge in [-0.1, -0.05) is 44.2 Å². The topological polar surface area (TPSA) is 98.7 Å². The summed E-state index contributed by atoms with van der Waals surface area (Å²) in [7, 11) is 0. The lowest BCUT2D eigenvalue weighted by atomic mass is 9.71. The number of carbonyl (C=O) groups is 3. The molecular formula is C22H32ClN3O4. The van der Waals surface area contributed by atoms with Crippen LogP contribution in [-0.2, 0) is 19.8 Å². The minimum atomic E-state index is -1.03. The molecule has 3 N–H and O–H groups in total. The van der Waals surface area contributed by atoms with E-state index in [4.69, 9.17) is 0 Å². The van der Waals surface area contributed by atoms with E-state index in [1.807, 2.05) is 35.2 Å². The molecule has 8 heteroatoms. The molecule has 0 spiro atoms. The van der Waals surface area contributed by atoms with Crippen molar-refractivity contribution in [1.82, 2.24) is 15.5 Å². The van der Waals surface area contributed by atoms with Gasteiger partial charge in [0.2, 0.25) is 11.8 Å². The Kier molecular flexibility index (Phi) is 8.26. The van der Waals surface area contributed by atoms with Crippen LogP contribution in [0.5, 0.6) is 0 Å². The van der Waals surface area contributed by atoms with Crippen molar-refractivity contribution in [3.63, 3.8) is 0 Å². The minimum absolute atomic E-state index is 0. The first-order valence-corrected chi connectivity index (χ1v) is 10.5. The van der Waals surface area contributed by atoms with E-state index in [9.17, 15) is 19.5 Å². The number of piperidine rings is 1. The van der Waals surface area contributed by atoms with Gasteiger partial charge in [0.1, 0.15) is 6.04 Å². The van der Waals surface area contributed by atoms with Gasteiger partial charge in [-0.15, -0.1) is 12.4 Å². The van der Waals surface area contributed by atoms with Gasteiger partial charge in [-0.05, 0) is 43.7 Å². The molecule has 2 fully saturated rings. The van der Waals surface area contributed by atoms with Gasteiger partial charge in [-0.2, -0.15) is 0 Å². The summed E-state index contributed by atoms with van der Waals surface area (Å²) in [4.78, 5) is 39.6. The van der Waals surface area contributed by atoms with Gasteiger partial charge in [-0.3, -0.25) is 9.59 Å². The Hall–Kier alpha value is -2.12. The second-order valence-corrected chi connectivity index (χ2v) is 8.46. The molecule has 2 heterocycles. The lowest BCUT2D eigenvalue weighted by molar-refractivity contribution is -0.145. The average Bonchev–Trinajstić information content (AvgIpc) is 3.26. The fraction of sp³-hybridized carbons (Fsp3) is 0.591. The highest BCUT2D eigenvalue weighted by molar-refractivity contribution is 5.92. The van der Waals surface area contributed by atoms with Crippen molar-refractivity contribution < 1.29 is 19.5 Å². The van der Waals surface area contributed by atoms with E-state index in [2.05, 4.69) is 10.6 Å². The summed E-state index contributed by atoms with van der Waals surface area (Å²) in [6.45, 7) is 5.40. The maximum atomic E-state index is 13.4. The van der Waals surface area contributed by atoms with Crippen LogP contribution in [0.15, 0.2) is 30.3 Å². The Labute approximate surface area is 184 Å². The van der Waals surface area contributed by atoms with Crippen LogP contribution >= 0.6 is 12.4 Å². The Balaban J connectivity index is 0.00000320. The van der Waals surface area contributed by atoms with E-state index in [1.165, 1.54) is 0 Å². The normalized spacial score (nSPS) is 21.6. The number of amides is 2. The fourth-order valence-corrected chi connectivity index (χ4v) is 4.42. The zero-order valence-corrected chi connectivity index (χ0v) is 18.4. The van der Waals surface area contributed by atoms with Crippen LogP contribution in [-0.4, -0.2) is 59.5 Å². The molecule has 0 radical (unpaired) electrons. The summed E-state index contributed by atoms with van der Waals surface area (Å²) in [6, 6.07) is 8.45. The van der Waals surface area contributed by atoms with E-state index in [0.717, 1.165) is 24.9 Å². The monoisotopic (exact) mass is 437 g/mol. The van der Waals surface area contributed by atoms with Gasteiger partial charge in [0.25, 0.3) is 0 Å². The molecule has 0 bridgehead atoms. The molecule has 2 aliphatic heterocycles. The molecule has 0 aromatic heterocycles. The number of aliphatic carboxylic acids is 1. The molecule has 30 heavy (non-hydrogen) atoms. The third kappa shape index (κ3) is 4.95. The largest absolute Gasteiger partial charge is 0.480 e. The summed E-state index contributed by atoms with van der Waals surface area (Å²) in [5, 5.41) is 15.5. The highest BCUT2D eigenvalue weighted by atomic mass is 35.5. The third-order valence-corrected chi connectivity index (χ3v) is 6.27. The number of benzene rings is 1. The predicted octanol–water partition coefficient (Wildman–Crippen LogP) is 1.95. The first kappa shape index (κ1) is 24.2. The second kappa shape index (κ2) is 10.3. The zero-order chi connectivity index (χ0) is 21.0. The molecular weight excluding hydrogens is 406 g/mol. The van der Waals surface area contributed by atoms with Crippen molar-refractivity contribution in [2.75, 3.05) is 19.6 Å². The summed E-state index contributed by atoms with van der Waals surface area (Å²) < 4.78 is 0. The van der Waals surface area contributed by atoms with Crippen LogP contribution in [0.3, 0.4) is 0 Å². The van der Waals surface area contributed by atoms with Crippen LogP contribution in [0.1, 0.15) is 45.1 Å². The number of halogens is 1. The molecule has 3 rings (SSSR count). The number of hydrogen-bond acceptors (Lipinski definition) is 4. The highest BCUT2D eigenvalue weighted by Gasteiger charge is 2.45. The van der Waals surface area contributed by atoms with Crippen molar-refractivity contribution in [3.05, 3.63) is 35.9 Å². The molecule has 1 aromatic rings. The van der Waals surface area contributed by atoms with Crippen molar-refractivity contribution in [2.45, 2.75) is 57.0 Å². The van der Waals surface area contributed by atoms with E-state index in [-0.39, 0.29) is 36.2 Å². The van der Waals surface area contributed by atoms with Crippen LogP contribution < -0.4 is 10.6 Å².